The number of halogens is 2. The van der Waals surface area contributed by atoms with Gasteiger partial charge in [0.1, 0.15) is 0 Å². The minimum atomic E-state index is -0.543. The molecule has 1 atom stereocenters. The molecule has 2 nitrogen and oxygen atoms in total. The highest BCUT2D eigenvalue weighted by Crippen LogP contribution is 2.42. The lowest BCUT2D eigenvalue weighted by atomic mass is 10.0. The number of nitrogens with two attached hydrogens (primary N) is 1. The summed E-state index contributed by atoms with van der Waals surface area (Å²) in [6.07, 6.45) is 2.16. The van der Waals surface area contributed by atoms with E-state index in [1.807, 2.05) is 0 Å². The fraction of sp³-hybridized carbons (Fsp3) is 0.455. The molecule has 0 unspecified atom stereocenters. The average Bonchev–Trinajstić information content (AvgIpc) is 2.97. The van der Waals surface area contributed by atoms with E-state index in [-0.39, 0.29) is 24.2 Å². The molecule has 3 N–H and O–H groups in total. The fourth-order valence-corrected chi connectivity index (χ4v) is 1.66. The third-order valence-corrected chi connectivity index (χ3v) is 2.83. The molecule has 0 aliphatic heterocycles. The Morgan fingerprint density at radius 3 is 2.60 bits per heavy atom. The first-order valence-corrected chi connectivity index (χ1v) is 4.85. The second kappa shape index (κ2) is 4.37. The van der Waals surface area contributed by atoms with Crippen molar-refractivity contribution >= 4 is 12.4 Å². The summed E-state index contributed by atoms with van der Waals surface area (Å²) in [7, 11) is 0. The molecule has 1 aliphatic rings. The lowest BCUT2D eigenvalue weighted by Crippen LogP contribution is -2.13. The van der Waals surface area contributed by atoms with Crippen LogP contribution < -0.4 is 5.73 Å². The summed E-state index contributed by atoms with van der Waals surface area (Å²) < 4.78 is 13.3. The predicted molar refractivity (Wildman–Crippen MR) is 59.7 cm³/mol. The highest BCUT2D eigenvalue weighted by Gasteiger charge is 2.31. The van der Waals surface area contributed by atoms with Gasteiger partial charge in [-0.25, -0.2) is 4.39 Å². The quantitative estimate of drug-likeness (QED) is 0.822. The summed E-state index contributed by atoms with van der Waals surface area (Å²) in [6, 6.07) is 3.16. The van der Waals surface area contributed by atoms with Crippen LogP contribution in [0, 0.1) is 18.7 Å². The van der Waals surface area contributed by atoms with Crippen molar-refractivity contribution in [3.8, 4) is 5.75 Å². The third-order valence-electron chi connectivity index (χ3n) is 2.83. The van der Waals surface area contributed by atoms with Crippen LogP contribution in [-0.2, 0) is 0 Å². The molecule has 2 rings (SSSR count). The van der Waals surface area contributed by atoms with Crippen LogP contribution in [0.25, 0.3) is 0 Å². The number of aryl methyl sites for hydroxylation is 1. The number of phenols is 1. The van der Waals surface area contributed by atoms with Crippen molar-refractivity contribution in [2.24, 2.45) is 11.7 Å². The Morgan fingerprint density at radius 1 is 1.47 bits per heavy atom. The zero-order valence-corrected chi connectivity index (χ0v) is 9.35. The molecule has 1 aromatic rings. The van der Waals surface area contributed by atoms with E-state index in [0.717, 1.165) is 12.8 Å². The monoisotopic (exact) mass is 231 g/mol. The molecule has 0 spiro atoms. The van der Waals surface area contributed by atoms with Crippen molar-refractivity contribution in [1.29, 1.82) is 0 Å². The first kappa shape index (κ1) is 12.3. The molecular weight excluding hydrogens is 217 g/mol. The van der Waals surface area contributed by atoms with Gasteiger partial charge in [-0.05, 0) is 31.2 Å². The van der Waals surface area contributed by atoms with Gasteiger partial charge in [-0.2, -0.15) is 0 Å². The molecule has 0 saturated heterocycles. The van der Waals surface area contributed by atoms with E-state index in [2.05, 4.69) is 0 Å². The molecular formula is C11H15ClFNO. The summed E-state index contributed by atoms with van der Waals surface area (Å²) in [6.45, 7) is 1.63. The van der Waals surface area contributed by atoms with Crippen molar-refractivity contribution in [3.63, 3.8) is 0 Å². The van der Waals surface area contributed by atoms with E-state index in [0.29, 0.717) is 17.0 Å². The van der Waals surface area contributed by atoms with E-state index < -0.39 is 5.82 Å². The molecule has 1 aromatic carbocycles. The lowest BCUT2D eigenvalue weighted by molar-refractivity contribution is 0.415. The van der Waals surface area contributed by atoms with Gasteiger partial charge in [0, 0.05) is 11.6 Å². The molecule has 0 radical (unpaired) electrons. The SMILES string of the molecule is Cc1ccc([C@H](N)C2CC2)c(O)c1F.Cl. The molecule has 0 heterocycles. The third kappa shape index (κ3) is 2.24. The number of benzene rings is 1. The number of phenolic OH excluding ortho intramolecular Hbond substituents is 1. The number of hydrogen-bond donors (Lipinski definition) is 2. The van der Waals surface area contributed by atoms with E-state index >= 15 is 0 Å². The highest BCUT2D eigenvalue weighted by atomic mass is 35.5. The molecule has 0 aromatic heterocycles. The van der Waals surface area contributed by atoms with E-state index in [9.17, 15) is 9.50 Å². The van der Waals surface area contributed by atoms with Gasteiger partial charge in [0.25, 0.3) is 0 Å². The van der Waals surface area contributed by atoms with Crippen LogP contribution in [0.3, 0.4) is 0 Å². The van der Waals surface area contributed by atoms with Crippen molar-refractivity contribution in [2.45, 2.75) is 25.8 Å². The Bertz CT molecular complexity index is 366. The van der Waals surface area contributed by atoms with Crippen molar-refractivity contribution in [1.82, 2.24) is 0 Å². The van der Waals surface area contributed by atoms with Crippen LogP contribution in [0.15, 0.2) is 12.1 Å². The van der Waals surface area contributed by atoms with Crippen LogP contribution >= 0.6 is 12.4 Å². The Kier molecular flexibility index (Phi) is 3.58. The van der Waals surface area contributed by atoms with Gasteiger partial charge in [0.05, 0.1) is 0 Å². The minimum Gasteiger partial charge on any atom is -0.505 e. The van der Waals surface area contributed by atoms with Gasteiger partial charge in [-0.3, -0.25) is 0 Å². The Labute approximate surface area is 94.7 Å². The topological polar surface area (TPSA) is 46.2 Å². The summed E-state index contributed by atoms with van der Waals surface area (Å²) in [5, 5.41) is 9.57. The molecule has 0 amide bonds. The van der Waals surface area contributed by atoms with Gasteiger partial charge >= 0.3 is 0 Å². The molecule has 0 bridgehead atoms. The predicted octanol–water partition coefficient (Wildman–Crippen LogP) is 2.67. The van der Waals surface area contributed by atoms with Gasteiger partial charge in [-0.15, -0.1) is 12.4 Å². The van der Waals surface area contributed by atoms with Gasteiger partial charge in [0.2, 0.25) is 0 Å². The van der Waals surface area contributed by atoms with Crippen molar-refractivity contribution in [2.75, 3.05) is 0 Å². The van der Waals surface area contributed by atoms with Crippen LogP contribution in [0.1, 0.15) is 30.0 Å². The molecule has 4 heteroatoms. The molecule has 15 heavy (non-hydrogen) atoms. The molecule has 1 aliphatic carbocycles. The maximum Gasteiger partial charge on any atom is 0.168 e. The summed E-state index contributed by atoms with van der Waals surface area (Å²) >= 11 is 0. The summed E-state index contributed by atoms with van der Waals surface area (Å²) in [5.41, 5.74) is 6.88. The number of rotatable bonds is 2. The standard InChI is InChI=1S/C11H14FNO.ClH/c1-6-2-5-8(11(14)9(6)12)10(13)7-3-4-7;/h2,5,7,10,14H,3-4,13H2,1H3;1H/t10-;/m1./s1. The maximum absolute atomic E-state index is 13.3. The average molecular weight is 232 g/mol. The first-order valence-electron chi connectivity index (χ1n) is 4.85. The second-order valence-corrected chi connectivity index (χ2v) is 4.00. The van der Waals surface area contributed by atoms with Gasteiger partial charge < -0.3 is 10.8 Å². The summed E-state index contributed by atoms with van der Waals surface area (Å²) in [4.78, 5) is 0. The second-order valence-electron chi connectivity index (χ2n) is 4.00. The zero-order valence-electron chi connectivity index (χ0n) is 8.53. The number of aromatic hydroxyl groups is 1. The Balaban J connectivity index is 0.00000112. The van der Waals surface area contributed by atoms with E-state index in [4.69, 9.17) is 5.73 Å². The largest absolute Gasteiger partial charge is 0.505 e. The summed E-state index contributed by atoms with van der Waals surface area (Å²) in [5.74, 6) is -0.397. The minimum absolute atomic E-state index is 0. The van der Waals surface area contributed by atoms with Gasteiger partial charge in [0.15, 0.2) is 11.6 Å². The fourth-order valence-electron chi connectivity index (χ4n) is 1.66. The molecule has 1 fully saturated rings. The normalized spacial score (nSPS) is 17.0. The van der Waals surface area contributed by atoms with E-state index in [1.54, 1.807) is 19.1 Å². The van der Waals surface area contributed by atoms with E-state index in [1.165, 1.54) is 0 Å². The maximum atomic E-state index is 13.3. The van der Waals surface area contributed by atoms with Crippen LogP contribution in [-0.4, -0.2) is 5.11 Å². The smallest absolute Gasteiger partial charge is 0.168 e. The Hall–Kier alpha value is -0.800. The van der Waals surface area contributed by atoms with Crippen LogP contribution in [0.2, 0.25) is 0 Å². The zero-order chi connectivity index (χ0) is 10.3. The van der Waals surface area contributed by atoms with Crippen molar-refractivity contribution < 1.29 is 9.50 Å². The van der Waals surface area contributed by atoms with Gasteiger partial charge in [-0.1, -0.05) is 12.1 Å². The number of hydrogen-bond acceptors (Lipinski definition) is 2. The first-order chi connectivity index (χ1) is 6.61. The Morgan fingerprint density at radius 2 is 2.07 bits per heavy atom. The molecule has 84 valence electrons. The van der Waals surface area contributed by atoms with Crippen LogP contribution in [0.5, 0.6) is 5.75 Å². The lowest BCUT2D eigenvalue weighted by Gasteiger charge is -2.13. The molecule has 1 saturated carbocycles. The highest BCUT2D eigenvalue weighted by molar-refractivity contribution is 5.85. The van der Waals surface area contributed by atoms with Crippen molar-refractivity contribution in [3.05, 3.63) is 29.1 Å². The van der Waals surface area contributed by atoms with Crippen LogP contribution in [0.4, 0.5) is 4.39 Å².